The van der Waals surface area contributed by atoms with Crippen LogP contribution in [-0.4, -0.2) is 11.1 Å². The molecule has 0 fully saturated rings. The van der Waals surface area contributed by atoms with Crippen LogP contribution in [0, 0.1) is 0 Å². The summed E-state index contributed by atoms with van der Waals surface area (Å²) in [7, 11) is 0. The van der Waals surface area contributed by atoms with Crippen LogP contribution in [0.1, 0.15) is 36.5 Å². The molecule has 2 amide bonds. The number of amides is 2. The molecule has 1 aliphatic carbocycles. The van der Waals surface area contributed by atoms with E-state index in [1.165, 1.54) is 11.1 Å². The van der Waals surface area contributed by atoms with Crippen LogP contribution in [0.4, 0.5) is 4.79 Å². The quantitative estimate of drug-likeness (QED) is 0.673. The molecular weight excluding hydrogens is 336 g/mol. The van der Waals surface area contributed by atoms with Crippen molar-refractivity contribution in [2.75, 3.05) is 0 Å². The Morgan fingerprint density at radius 3 is 2.81 bits per heavy atom. The summed E-state index contributed by atoms with van der Waals surface area (Å²) in [5.41, 5.74) is 5.05. The van der Waals surface area contributed by atoms with Crippen LogP contribution in [0.5, 0.6) is 5.75 Å². The average Bonchev–Trinajstić information content (AvgIpc) is 2.83. The highest BCUT2D eigenvalue weighted by atomic mass is 16.3. The molecule has 27 heavy (non-hydrogen) atoms. The van der Waals surface area contributed by atoms with Gasteiger partial charge in [0.1, 0.15) is 5.75 Å². The van der Waals surface area contributed by atoms with Gasteiger partial charge in [0.2, 0.25) is 0 Å². The van der Waals surface area contributed by atoms with Gasteiger partial charge in [0.05, 0.1) is 0 Å². The minimum atomic E-state index is -0.236. The molecule has 4 nitrogen and oxygen atoms in total. The van der Waals surface area contributed by atoms with Crippen molar-refractivity contribution in [1.29, 1.82) is 0 Å². The summed E-state index contributed by atoms with van der Waals surface area (Å²) in [6.07, 6.45) is 10.5. The van der Waals surface area contributed by atoms with Gasteiger partial charge in [-0.1, -0.05) is 48.6 Å². The molecular formula is C23H24N2O2. The topological polar surface area (TPSA) is 61.4 Å². The van der Waals surface area contributed by atoms with Gasteiger partial charge in [-0.15, -0.1) is 0 Å². The van der Waals surface area contributed by atoms with Crippen LogP contribution in [0.3, 0.4) is 0 Å². The molecule has 2 aromatic carbocycles. The van der Waals surface area contributed by atoms with E-state index in [4.69, 9.17) is 0 Å². The van der Waals surface area contributed by atoms with E-state index in [1.807, 2.05) is 37.3 Å². The minimum absolute atomic E-state index is 0.230. The summed E-state index contributed by atoms with van der Waals surface area (Å²) in [6, 6.07) is 15.0. The fourth-order valence-electron chi connectivity index (χ4n) is 3.06. The van der Waals surface area contributed by atoms with Crippen LogP contribution >= 0.6 is 0 Å². The van der Waals surface area contributed by atoms with Crippen molar-refractivity contribution in [2.24, 2.45) is 0 Å². The molecule has 138 valence electrons. The Morgan fingerprint density at radius 1 is 1.11 bits per heavy atom. The summed E-state index contributed by atoms with van der Waals surface area (Å²) in [5, 5.41) is 15.3. The first-order valence-electron chi connectivity index (χ1n) is 9.10. The van der Waals surface area contributed by atoms with Crippen molar-refractivity contribution < 1.29 is 9.90 Å². The van der Waals surface area contributed by atoms with Gasteiger partial charge in [0.15, 0.2) is 0 Å². The van der Waals surface area contributed by atoms with Gasteiger partial charge in [-0.3, -0.25) is 0 Å². The molecule has 0 radical (unpaired) electrons. The number of fused-ring (bicyclic) bond motifs is 1. The molecule has 0 saturated carbocycles. The van der Waals surface area contributed by atoms with E-state index in [0.717, 1.165) is 36.2 Å². The molecule has 0 heterocycles. The SMILES string of the molecule is C/C(=C\C=C/c1cccc(O)c1)NC(=O)NC1=Cc2ccccc2CCC1. The predicted molar refractivity (Wildman–Crippen MR) is 110 cm³/mol. The highest BCUT2D eigenvalue weighted by molar-refractivity contribution is 5.79. The van der Waals surface area contributed by atoms with E-state index < -0.39 is 0 Å². The molecule has 0 aromatic heterocycles. The number of phenolic OH excluding ortho intramolecular Hbond substituents is 1. The third-order valence-corrected chi connectivity index (χ3v) is 4.37. The number of aryl methyl sites for hydroxylation is 1. The molecule has 0 aliphatic heterocycles. The monoisotopic (exact) mass is 360 g/mol. The van der Waals surface area contributed by atoms with E-state index >= 15 is 0 Å². The van der Waals surface area contributed by atoms with E-state index in [9.17, 15) is 9.90 Å². The first-order valence-corrected chi connectivity index (χ1v) is 9.10. The summed E-state index contributed by atoms with van der Waals surface area (Å²) < 4.78 is 0. The van der Waals surface area contributed by atoms with Gasteiger partial charge in [0.25, 0.3) is 0 Å². The lowest BCUT2D eigenvalue weighted by Crippen LogP contribution is -2.33. The van der Waals surface area contributed by atoms with Gasteiger partial charge >= 0.3 is 6.03 Å². The zero-order valence-corrected chi connectivity index (χ0v) is 15.4. The molecule has 1 aliphatic rings. The van der Waals surface area contributed by atoms with Crippen molar-refractivity contribution in [3.05, 3.63) is 88.8 Å². The molecule has 3 rings (SSSR count). The molecule has 3 N–H and O–H groups in total. The normalized spacial score (nSPS) is 14.3. The van der Waals surface area contributed by atoms with Gasteiger partial charge in [-0.05, 0) is 67.2 Å². The zero-order valence-electron chi connectivity index (χ0n) is 15.4. The molecule has 0 unspecified atom stereocenters. The first kappa shape index (κ1) is 18.5. The first-order chi connectivity index (χ1) is 13.1. The van der Waals surface area contributed by atoms with E-state index in [1.54, 1.807) is 18.2 Å². The van der Waals surface area contributed by atoms with E-state index in [2.05, 4.69) is 34.9 Å². The Hall–Kier alpha value is -3.27. The molecule has 0 atom stereocenters. The largest absolute Gasteiger partial charge is 0.508 e. The second-order valence-corrected chi connectivity index (χ2v) is 6.60. The fraction of sp³-hybridized carbons (Fsp3) is 0.174. The second kappa shape index (κ2) is 8.90. The third-order valence-electron chi connectivity index (χ3n) is 4.37. The summed E-state index contributed by atoms with van der Waals surface area (Å²) in [6.45, 7) is 1.84. The smallest absolute Gasteiger partial charge is 0.323 e. The number of nitrogens with one attached hydrogen (secondary N) is 2. The van der Waals surface area contributed by atoms with Crippen LogP contribution in [0.2, 0.25) is 0 Å². The number of benzene rings is 2. The lowest BCUT2D eigenvalue weighted by atomic mass is 10.1. The van der Waals surface area contributed by atoms with Crippen molar-refractivity contribution in [3.8, 4) is 5.75 Å². The van der Waals surface area contributed by atoms with E-state index in [-0.39, 0.29) is 11.8 Å². The number of carbonyl (C=O) groups excluding carboxylic acids is 1. The highest BCUT2D eigenvalue weighted by Gasteiger charge is 2.10. The average molecular weight is 360 g/mol. The second-order valence-electron chi connectivity index (χ2n) is 6.60. The molecule has 4 heteroatoms. The van der Waals surface area contributed by atoms with Crippen molar-refractivity contribution in [1.82, 2.24) is 10.6 Å². The molecule has 2 aromatic rings. The summed E-state index contributed by atoms with van der Waals surface area (Å²) in [5.74, 6) is 0.230. The number of phenols is 1. The van der Waals surface area contributed by atoms with Crippen molar-refractivity contribution in [2.45, 2.75) is 26.2 Å². The number of allylic oxidation sites excluding steroid dienone is 4. The summed E-state index contributed by atoms with van der Waals surface area (Å²) in [4.78, 5) is 12.3. The van der Waals surface area contributed by atoms with Gasteiger partial charge in [-0.25, -0.2) is 4.79 Å². The maximum absolute atomic E-state index is 12.3. The minimum Gasteiger partial charge on any atom is -0.508 e. The molecule has 0 saturated heterocycles. The van der Waals surface area contributed by atoms with Crippen molar-refractivity contribution >= 4 is 18.2 Å². The van der Waals surface area contributed by atoms with Crippen LogP contribution in [0.25, 0.3) is 12.2 Å². The van der Waals surface area contributed by atoms with Crippen LogP contribution in [0.15, 0.2) is 72.1 Å². The Kier molecular flexibility index (Phi) is 6.10. The number of carbonyl (C=O) groups is 1. The Bertz CT molecular complexity index is 910. The zero-order chi connectivity index (χ0) is 19.1. The Labute approximate surface area is 159 Å². The maximum atomic E-state index is 12.3. The van der Waals surface area contributed by atoms with Crippen LogP contribution in [-0.2, 0) is 6.42 Å². The van der Waals surface area contributed by atoms with Gasteiger partial charge in [-0.2, -0.15) is 0 Å². The van der Waals surface area contributed by atoms with E-state index in [0.29, 0.717) is 0 Å². The predicted octanol–water partition coefficient (Wildman–Crippen LogP) is 4.99. The van der Waals surface area contributed by atoms with Crippen molar-refractivity contribution in [3.63, 3.8) is 0 Å². The Morgan fingerprint density at radius 2 is 1.96 bits per heavy atom. The lowest BCUT2D eigenvalue weighted by Gasteiger charge is -2.10. The van der Waals surface area contributed by atoms with Crippen LogP contribution < -0.4 is 10.6 Å². The Balaban J connectivity index is 1.58. The lowest BCUT2D eigenvalue weighted by molar-refractivity contribution is 0.245. The third kappa shape index (κ3) is 5.61. The fourth-order valence-corrected chi connectivity index (χ4v) is 3.06. The number of urea groups is 1. The molecule has 0 spiro atoms. The number of hydrogen-bond donors (Lipinski definition) is 3. The number of hydrogen-bond acceptors (Lipinski definition) is 2. The number of aromatic hydroxyl groups is 1. The van der Waals surface area contributed by atoms with Gasteiger partial charge in [0, 0.05) is 11.4 Å². The summed E-state index contributed by atoms with van der Waals surface area (Å²) >= 11 is 0. The highest BCUT2D eigenvalue weighted by Crippen LogP contribution is 2.21. The number of rotatable bonds is 4. The maximum Gasteiger partial charge on any atom is 0.323 e. The standard InChI is InChI=1S/C23H24N2O2/c1-17(7-4-8-18-9-5-14-22(26)15-18)24-23(27)25-21-13-6-12-19-10-2-3-11-20(19)16-21/h2-5,7-11,14-16,26H,6,12-13H2,1H3,(H2,24,25,27)/b8-4-,17-7+. The molecule has 0 bridgehead atoms. The van der Waals surface area contributed by atoms with Gasteiger partial charge < -0.3 is 15.7 Å².